The van der Waals surface area contributed by atoms with Crippen LogP contribution in [0.4, 0.5) is 17.1 Å². The highest BCUT2D eigenvalue weighted by atomic mass is 16.6. The number of benzene rings is 1. The number of nitrogen functional groups attached to an aromatic ring is 1. The molecule has 4 N–H and O–H groups in total. The van der Waals surface area contributed by atoms with E-state index in [0.717, 1.165) is 25.7 Å². The van der Waals surface area contributed by atoms with E-state index in [-0.39, 0.29) is 18.0 Å². The monoisotopic (exact) mass is 279 g/mol. The van der Waals surface area contributed by atoms with E-state index in [2.05, 4.69) is 12.2 Å². The standard InChI is InChI=1S/C14H21N3O3/c1-10-4-3-7-14(8-10,9-18)16-12-6-2-5-11(15)13(12)17(19)20/h2,5-6,10,16,18H,3-4,7-9,15H2,1H3. The van der Waals surface area contributed by atoms with Gasteiger partial charge in [0.25, 0.3) is 0 Å². The summed E-state index contributed by atoms with van der Waals surface area (Å²) in [6.07, 6.45) is 3.74. The zero-order valence-electron chi connectivity index (χ0n) is 11.6. The minimum Gasteiger partial charge on any atom is -0.394 e. The van der Waals surface area contributed by atoms with Crippen molar-refractivity contribution in [1.82, 2.24) is 0 Å². The first-order valence-electron chi connectivity index (χ1n) is 6.89. The summed E-state index contributed by atoms with van der Waals surface area (Å²) in [6.45, 7) is 2.10. The smallest absolute Gasteiger partial charge is 0.314 e. The second-order valence-electron chi connectivity index (χ2n) is 5.77. The van der Waals surface area contributed by atoms with Crippen LogP contribution < -0.4 is 11.1 Å². The number of aliphatic hydroxyl groups is 1. The van der Waals surface area contributed by atoms with Crippen molar-refractivity contribution in [3.05, 3.63) is 28.3 Å². The quantitative estimate of drug-likeness (QED) is 0.446. The Morgan fingerprint density at radius 1 is 1.60 bits per heavy atom. The molecule has 1 saturated carbocycles. The predicted molar refractivity (Wildman–Crippen MR) is 78.6 cm³/mol. The molecule has 0 saturated heterocycles. The van der Waals surface area contributed by atoms with Crippen LogP contribution in [-0.4, -0.2) is 22.2 Å². The first kappa shape index (κ1) is 14.6. The Labute approximate surface area is 118 Å². The molecule has 1 fully saturated rings. The zero-order chi connectivity index (χ0) is 14.8. The van der Waals surface area contributed by atoms with E-state index < -0.39 is 10.5 Å². The third-order valence-electron chi connectivity index (χ3n) is 4.04. The molecule has 1 aromatic rings. The molecule has 20 heavy (non-hydrogen) atoms. The summed E-state index contributed by atoms with van der Waals surface area (Å²) < 4.78 is 0. The molecule has 1 aliphatic carbocycles. The number of nitro benzene ring substituents is 1. The molecule has 0 aromatic heterocycles. The third-order valence-corrected chi connectivity index (χ3v) is 4.04. The number of rotatable bonds is 4. The van der Waals surface area contributed by atoms with Crippen LogP contribution in [0, 0.1) is 16.0 Å². The highest BCUT2D eigenvalue weighted by molar-refractivity contribution is 5.75. The highest BCUT2D eigenvalue weighted by Crippen LogP contribution is 2.38. The summed E-state index contributed by atoms with van der Waals surface area (Å²) >= 11 is 0. The van der Waals surface area contributed by atoms with Gasteiger partial charge in [-0.1, -0.05) is 25.8 Å². The number of anilines is 2. The maximum Gasteiger partial charge on any atom is 0.314 e. The lowest BCUT2D eigenvalue weighted by atomic mass is 9.76. The molecule has 110 valence electrons. The summed E-state index contributed by atoms with van der Waals surface area (Å²) in [5.74, 6) is 0.489. The largest absolute Gasteiger partial charge is 0.394 e. The number of aliphatic hydroxyl groups excluding tert-OH is 1. The average Bonchev–Trinajstić information content (AvgIpc) is 2.38. The molecular formula is C14H21N3O3. The lowest BCUT2D eigenvalue weighted by molar-refractivity contribution is -0.383. The molecule has 0 radical (unpaired) electrons. The molecular weight excluding hydrogens is 258 g/mol. The fourth-order valence-corrected chi connectivity index (χ4v) is 3.11. The van der Waals surface area contributed by atoms with Gasteiger partial charge in [0, 0.05) is 0 Å². The normalized spacial score (nSPS) is 26.2. The molecule has 0 spiro atoms. The van der Waals surface area contributed by atoms with Crippen molar-refractivity contribution in [3.8, 4) is 0 Å². The van der Waals surface area contributed by atoms with Gasteiger partial charge in [0.05, 0.1) is 17.1 Å². The topological polar surface area (TPSA) is 101 Å². The van der Waals surface area contributed by atoms with Crippen LogP contribution in [-0.2, 0) is 0 Å². The van der Waals surface area contributed by atoms with Crippen LogP contribution in [0.2, 0.25) is 0 Å². The van der Waals surface area contributed by atoms with Gasteiger partial charge in [-0.3, -0.25) is 10.1 Å². The van der Waals surface area contributed by atoms with E-state index in [0.29, 0.717) is 11.6 Å². The number of nitro groups is 1. The zero-order valence-corrected chi connectivity index (χ0v) is 11.6. The number of nitrogens with zero attached hydrogens (tertiary/aromatic N) is 1. The highest BCUT2D eigenvalue weighted by Gasteiger charge is 2.36. The van der Waals surface area contributed by atoms with Gasteiger partial charge in [0.2, 0.25) is 0 Å². The molecule has 0 aliphatic heterocycles. The number of nitrogens with two attached hydrogens (primary N) is 1. The van der Waals surface area contributed by atoms with Crippen LogP contribution in [0.1, 0.15) is 32.6 Å². The number of nitrogens with one attached hydrogen (secondary N) is 1. The van der Waals surface area contributed by atoms with Gasteiger partial charge in [-0.05, 0) is 30.9 Å². The van der Waals surface area contributed by atoms with Crippen molar-refractivity contribution in [2.45, 2.75) is 38.1 Å². The Bertz CT molecular complexity index is 506. The van der Waals surface area contributed by atoms with E-state index >= 15 is 0 Å². The fraction of sp³-hybridized carbons (Fsp3) is 0.571. The third kappa shape index (κ3) is 2.85. The summed E-state index contributed by atoms with van der Waals surface area (Å²) in [5, 5.41) is 24.1. The molecule has 0 heterocycles. The fourth-order valence-electron chi connectivity index (χ4n) is 3.11. The molecule has 2 unspecified atom stereocenters. The summed E-state index contributed by atoms with van der Waals surface area (Å²) in [6, 6.07) is 4.84. The van der Waals surface area contributed by atoms with E-state index in [1.54, 1.807) is 12.1 Å². The van der Waals surface area contributed by atoms with Crippen LogP contribution in [0.3, 0.4) is 0 Å². The Kier molecular flexibility index (Phi) is 4.13. The average molecular weight is 279 g/mol. The lowest BCUT2D eigenvalue weighted by Gasteiger charge is -2.40. The molecule has 0 amide bonds. The van der Waals surface area contributed by atoms with E-state index in [9.17, 15) is 15.2 Å². The van der Waals surface area contributed by atoms with Gasteiger partial charge < -0.3 is 16.2 Å². The predicted octanol–water partition coefficient (Wildman–Crippen LogP) is 2.53. The van der Waals surface area contributed by atoms with Crippen molar-refractivity contribution in [1.29, 1.82) is 0 Å². The van der Waals surface area contributed by atoms with Crippen LogP contribution in [0.15, 0.2) is 18.2 Å². The van der Waals surface area contributed by atoms with E-state index in [1.807, 2.05) is 0 Å². The van der Waals surface area contributed by atoms with Crippen molar-refractivity contribution < 1.29 is 10.0 Å². The second kappa shape index (κ2) is 5.66. The van der Waals surface area contributed by atoms with E-state index in [4.69, 9.17) is 5.73 Å². The van der Waals surface area contributed by atoms with Crippen molar-refractivity contribution in [2.24, 2.45) is 5.92 Å². The summed E-state index contributed by atoms with van der Waals surface area (Å²) in [5.41, 5.74) is 5.62. The van der Waals surface area contributed by atoms with Gasteiger partial charge in [0.15, 0.2) is 0 Å². The maximum atomic E-state index is 11.2. The molecule has 1 aliphatic rings. The van der Waals surface area contributed by atoms with Gasteiger partial charge in [0.1, 0.15) is 11.4 Å². The molecule has 1 aromatic carbocycles. The molecule has 2 atom stereocenters. The number of para-hydroxylation sites is 1. The SMILES string of the molecule is CC1CCCC(CO)(Nc2cccc(N)c2[N+](=O)[O-])C1. The van der Waals surface area contributed by atoms with E-state index in [1.165, 1.54) is 6.07 Å². The van der Waals surface area contributed by atoms with Gasteiger partial charge >= 0.3 is 5.69 Å². The Balaban J connectivity index is 2.32. The first-order valence-corrected chi connectivity index (χ1v) is 6.89. The van der Waals surface area contributed by atoms with Crippen molar-refractivity contribution in [3.63, 3.8) is 0 Å². The molecule has 6 nitrogen and oxygen atoms in total. The molecule has 6 heteroatoms. The Morgan fingerprint density at radius 2 is 2.35 bits per heavy atom. The van der Waals surface area contributed by atoms with Crippen LogP contribution in [0.5, 0.6) is 0 Å². The summed E-state index contributed by atoms with van der Waals surface area (Å²) in [4.78, 5) is 10.7. The lowest BCUT2D eigenvalue weighted by Crippen LogP contribution is -2.46. The Hall–Kier alpha value is -1.82. The van der Waals surface area contributed by atoms with Gasteiger partial charge in [-0.2, -0.15) is 0 Å². The number of hydrogen-bond acceptors (Lipinski definition) is 5. The van der Waals surface area contributed by atoms with Crippen LogP contribution >= 0.6 is 0 Å². The maximum absolute atomic E-state index is 11.2. The number of hydrogen-bond donors (Lipinski definition) is 3. The second-order valence-corrected chi connectivity index (χ2v) is 5.77. The minimum atomic E-state index is -0.490. The van der Waals surface area contributed by atoms with Gasteiger partial charge in [-0.15, -0.1) is 0 Å². The minimum absolute atomic E-state index is 0.0384. The summed E-state index contributed by atoms with van der Waals surface area (Å²) in [7, 11) is 0. The van der Waals surface area contributed by atoms with Crippen molar-refractivity contribution >= 4 is 17.1 Å². The van der Waals surface area contributed by atoms with Crippen LogP contribution in [0.25, 0.3) is 0 Å². The molecule has 2 rings (SSSR count). The van der Waals surface area contributed by atoms with Gasteiger partial charge in [-0.25, -0.2) is 0 Å². The molecule has 0 bridgehead atoms. The van der Waals surface area contributed by atoms with Crippen molar-refractivity contribution in [2.75, 3.05) is 17.7 Å². The Morgan fingerprint density at radius 3 is 2.95 bits per heavy atom. The first-order chi connectivity index (χ1) is 9.47.